The molecule has 0 bridgehead atoms. The first-order chi connectivity index (χ1) is 15.7. The predicted octanol–water partition coefficient (Wildman–Crippen LogP) is 3.51. The van der Waals surface area contributed by atoms with Crippen molar-refractivity contribution in [2.45, 2.75) is 26.0 Å². The third-order valence-corrected chi connectivity index (χ3v) is 6.13. The molecule has 0 aromatic heterocycles. The molecule has 0 saturated heterocycles. The van der Waals surface area contributed by atoms with Gasteiger partial charge in [-0.1, -0.05) is 19.1 Å². The van der Waals surface area contributed by atoms with Crippen molar-refractivity contribution in [2.24, 2.45) is 5.92 Å². The highest BCUT2D eigenvalue weighted by Crippen LogP contribution is 2.27. The zero-order valence-electron chi connectivity index (χ0n) is 19.8. The molecule has 3 rings (SSSR count). The number of hydrogen-bond acceptors (Lipinski definition) is 5. The standard InChI is InChI=1S/C25H32FN3O4/c1-16-13-28(3)17(2)15-33-22-12-18(27-24(30)19-8-6-7-9-21(19)26)10-11-20(22)25(31)29(4)14-23(16)32-5/h6-12,16-17,23H,13-15H2,1-5H3,(H,27,30)/t16-,17+,23-/m0/s1. The Kier molecular flexibility index (Phi) is 8.05. The Morgan fingerprint density at radius 2 is 1.88 bits per heavy atom. The summed E-state index contributed by atoms with van der Waals surface area (Å²) in [6, 6.07) is 10.7. The van der Waals surface area contributed by atoms with E-state index >= 15 is 0 Å². The fraction of sp³-hybridized carbons (Fsp3) is 0.440. The fourth-order valence-electron chi connectivity index (χ4n) is 3.87. The number of fused-ring (bicyclic) bond motifs is 1. The van der Waals surface area contributed by atoms with Gasteiger partial charge in [0, 0.05) is 45.0 Å². The molecule has 0 spiro atoms. The molecule has 1 heterocycles. The second-order valence-corrected chi connectivity index (χ2v) is 8.68. The summed E-state index contributed by atoms with van der Waals surface area (Å²) in [7, 11) is 5.43. The van der Waals surface area contributed by atoms with E-state index in [1.54, 1.807) is 43.3 Å². The van der Waals surface area contributed by atoms with Crippen LogP contribution in [-0.4, -0.2) is 74.7 Å². The van der Waals surface area contributed by atoms with Crippen LogP contribution in [0.25, 0.3) is 0 Å². The van der Waals surface area contributed by atoms with Crippen molar-refractivity contribution in [3.8, 4) is 5.75 Å². The van der Waals surface area contributed by atoms with Crippen LogP contribution in [0.2, 0.25) is 0 Å². The topological polar surface area (TPSA) is 71.1 Å². The second-order valence-electron chi connectivity index (χ2n) is 8.68. The van der Waals surface area contributed by atoms with Gasteiger partial charge in [0.1, 0.15) is 18.2 Å². The van der Waals surface area contributed by atoms with E-state index in [2.05, 4.69) is 24.1 Å². The van der Waals surface area contributed by atoms with Crippen LogP contribution in [0.4, 0.5) is 10.1 Å². The van der Waals surface area contributed by atoms with Gasteiger partial charge in [0.25, 0.3) is 11.8 Å². The van der Waals surface area contributed by atoms with Crippen molar-refractivity contribution in [1.29, 1.82) is 0 Å². The summed E-state index contributed by atoms with van der Waals surface area (Å²) in [6.45, 7) is 5.74. The highest BCUT2D eigenvalue weighted by atomic mass is 19.1. The maximum atomic E-state index is 14.0. The molecule has 178 valence electrons. The molecule has 0 saturated carbocycles. The normalized spacial score (nSPS) is 22.5. The average molecular weight is 458 g/mol. The predicted molar refractivity (Wildman–Crippen MR) is 125 cm³/mol. The van der Waals surface area contributed by atoms with E-state index in [1.807, 2.05) is 7.05 Å². The van der Waals surface area contributed by atoms with Gasteiger partial charge < -0.3 is 19.7 Å². The quantitative estimate of drug-likeness (QED) is 0.764. The maximum Gasteiger partial charge on any atom is 0.258 e. The number of anilines is 1. The molecule has 1 aliphatic rings. The Morgan fingerprint density at radius 1 is 1.15 bits per heavy atom. The zero-order chi connectivity index (χ0) is 24.1. The first-order valence-electron chi connectivity index (χ1n) is 11.0. The van der Waals surface area contributed by atoms with E-state index in [9.17, 15) is 14.0 Å². The number of rotatable bonds is 3. The largest absolute Gasteiger partial charge is 0.491 e. The van der Waals surface area contributed by atoms with Crippen LogP contribution in [0, 0.1) is 11.7 Å². The molecule has 8 heteroatoms. The van der Waals surface area contributed by atoms with Crippen LogP contribution in [0.3, 0.4) is 0 Å². The Bertz CT molecular complexity index is 999. The van der Waals surface area contributed by atoms with Crippen LogP contribution in [0.5, 0.6) is 5.75 Å². The lowest BCUT2D eigenvalue weighted by molar-refractivity contribution is 0.0150. The molecule has 2 aromatic rings. The lowest BCUT2D eigenvalue weighted by Crippen LogP contribution is -2.45. The molecular formula is C25H32FN3O4. The summed E-state index contributed by atoms with van der Waals surface area (Å²) in [5, 5.41) is 2.69. The Labute approximate surface area is 194 Å². The first kappa shape index (κ1) is 24.7. The summed E-state index contributed by atoms with van der Waals surface area (Å²) in [4.78, 5) is 29.6. The van der Waals surface area contributed by atoms with E-state index in [0.717, 1.165) is 6.54 Å². The Hall–Kier alpha value is -2.97. The van der Waals surface area contributed by atoms with Crippen LogP contribution < -0.4 is 10.1 Å². The van der Waals surface area contributed by atoms with Crippen molar-refractivity contribution < 1.29 is 23.5 Å². The molecule has 0 unspecified atom stereocenters. The molecule has 1 aliphatic heterocycles. The van der Waals surface area contributed by atoms with E-state index < -0.39 is 11.7 Å². The maximum absolute atomic E-state index is 14.0. The third-order valence-electron chi connectivity index (χ3n) is 6.13. The molecule has 1 N–H and O–H groups in total. The molecule has 0 radical (unpaired) electrons. The van der Waals surface area contributed by atoms with Crippen molar-refractivity contribution in [3.05, 3.63) is 59.4 Å². The number of carbonyl (C=O) groups excluding carboxylic acids is 2. The molecular weight excluding hydrogens is 425 g/mol. The minimum Gasteiger partial charge on any atom is -0.491 e. The Morgan fingerprint density at radius 3 is 2.58 bits per heavy atom. The average Bonchev–Trinajstić information content (AvgIpc) is 2.79. The van der Waals surface area contributed by atoms with Gasteiger partial charge in [-0.15, -0.1) is 0 Å². The van der Waals surface area contributed by atoms with Crippen molar-refractivity contribution in [3.63, 3.8) is 0 Å². The highest BCUT2D eigenvalue weighted by molar-refractivity contribution is 6.05. The molecule has 3 atom stereocenters. The number of methoxy groups -OCH3 is 1. The minimum absolute atomic E-state index is 0.0584. The van der Waals surface area contributed by atoms with Crippen molar-refractivity contribution in [1.82, 2.24) is 9.80 Å². The summed E-state index contributed by atoms with van der Waals surface area (Å²) in [5.74, 6) is -0.802. The number of nitrogens with zero attached hydrogens (tertiary/aromatic N) is 2. The third kappa shape index (κ3) is 5.89. The van der Waals surface area contributed by atoms with Crippen LogP contribution in [0.1, 0.15) is 34.6 Å². The van der Waals surface area contributed by atoms with Gasteiger partial charge in [-0.3, -0.25) is 14.5 Å². The molecule has 0 fully saturated rings. The second kappa shape index (κ2) is 10.8. The van der Waals surface area contributed by atoms with Gasteiger partial charge >= 0.3 is 0 Å². The van der Waals surface area contributed by atoms with E-state index in [-0.39, 0.29) is 29.5 Å². The number of amides is 2. The summed E-state index contributed by atoms with van der Waals surface area (Å²) in [5.41, 5.74) is 0.741. The van der Waals surface area contributed by atoms with E-state index in [0.29, 0.717) is 30.2 Å². The SMILES string of the molecule is CO[C@H]1CN(C)C(=O)c2ccc(NC(=O)c3ccccc3F)cc2OC[C@@H](C)N(C)C[C@@H]1C. The van der Waals surface area contributed by atoms with Gasteiger partial charge in [-0.2, -0.15) is 0 Å². The van der Waals surface area contributed by atoms with Gasteiger partial charge in [0.2, 0.25) is 0 Å². The van der Waals surface area contributed by atoms with E-state index in [1.165, 1.54) is 18.2 Å². The number of nitrogens with one attached hydrogen (secondary N) is 1. The van der Waals surface area contributed by atoms with Gasteiger partial charge in [-0.05, 0) is 44.2 Å². The molecule has 0 aliphatic carbocycles. The first-order valence-corrected chi connectivity index (χ1v) is 11.0. The lowest BCUT2D eigenvalue weighted by atomic mass is 10.0. The Balaban J connectivity index is 1.91. The van der Waals surface area contributed by atoms with Crippen molar-refractivity contribution in [2.75, 3.05) is 46.2 Å². The molecule has 2 aromatic carbocycles. The fourth-order valence-corrected chi connectivity index (χ4v) is 3.87. The molecule has 2 amide bonds. The molecule has 33 heavy (non-hydrogen) atoms. The van der Waals surface area contributed by atoms with Crippen molar-refractivity contribution >= 4 is 17.5 Å². The lowest BCUT2D eigenvalue weighted by Gasteiger charge is -2.34. The number of benzene rings is 2. The summed E-state index contributed by atoms with van der Waals surface area (Å²) in [6.07, 6.45) is -0.114. The van der Waals surface area contributed by atoms with Gasteiger partial charge in [0.15, 0.2) is 0 Å². The van der Waals surface area contributed by atoms with Crippen LogP contribution in [-0.2, 0) is 4.74 Å². The number of likely N-dealkylation sites (N-methyl/N-ethyl adjacent to an activating group) is 2. The summed E-state index contributed by atoms with van der Waals surface area (Å²) >= 11 is 0. The highest BCUT2D eigenvalue weighted by Gasteiger charge is 2.27. The van der Waals surface area contributed by atoms with Crippen LogP contribution in [0.15, 0.2) is 42.5 Å². The minimum atomic E-state index is -0.604. The summed E-state index contributed by atoms with van der Waals surface area (Å²) < 4.78 is 25.7. The number of ether oxygens (including phenoxy) is 2. The van der Waals surface area contributed by atoms with Gasteiger partial charge in [0.05, 0.1) is 17.2 Å². The number of carbonyl (C=O) groups is 2. The monoisotopic (exact) mass is 457 g/mol. The van der Waals surface area contributed by atoms with Gasteiger partial charge in [-0.25, -0.2) is 4.39 Å². The zero-order valence-corrected chi connectivity index (χ0v) is 19.8. The number of hydrogen-bond donors (Lipinski definition) is 1. The van der Waals surface area contributed by atoms with E-state index in [4.69, 9.17) is 9.47 Å². The smallest absolute Gasteiger partial charge is 0.258 e. The molecule has 7 nitrogen and oxygen atoms in total. The van der Waals surface area contributed by atoms with Crippen LogP contribution >= 0.6 is 0 Å². The number of halogens is 1.